The molecule has 2 saturated carbocycles. The third-order valence-electron chi connectivity index (χ3n) is 6.96. The zero-order valence-corrected chi connectivity index (χ0v) is 18.9. The quantitative estimate of drug-likeness (QED) is 0.683. The Labute approximate surface area is 194 Å². The molecule has 1 aromatic carbocycles. The van der Waals surface area contributed by atoms with Crippen molar-refractivity contribution in [2.75, 3.05) is 13.1 Å². The van der Waals surface area contributed by atoms with E-state index in [2.05, 4.69) is 11.1 Å². The van der Waals surface area contributed by atoms with Gasteiger partial charge in [-0.1, -0.05) is 12.1 Å². The number of aromatic nitrogens is 1. The Morgan fingerprint density at radius 2 is 1.76 bits per heavy atom. The van der Waals surface area contributed by atoms with E-state index in [-0.39, 0.29) is 29.7 Å². The number of piperidine rings is 1. The summed E-state index contributed by atoms with van der Waals surface area (Å²) in [5, 5.41) is 9.34. The highest BCUT2D eigenvalue weighted by Crippen LogP contribution is 2.39. The van der Waals surface area contributed by atoms with Crippen molar-refractivity contribution >= 4 is 12.0 Å². The molecule has 3 aliphatic rings. The van der Waals surface area contributed by atoms with Gasteiger partial charge in [-0.05, 0) is 69.2 Å². The van der Waals surface area contributed by atoms with Crippen LogP contribution < -0.4 is 0 Å². The van der Waals surface area contributed by atoms with Crippen molar-refractivity contribution in [3.63, 3.8) is 0 Å². The molecule has 2 aliphatic carbocycles. The Morgan fingerprint density at radius 1 is 1.09 bits per heavy atom. The Bertz CT molecular complexity index is 1090. The topological polar surface area (TPSA) is 86.5 Å². The van der Waals surface area contributed by atoms with E-state index in [4.69, 9.17) is 4.74 Å². The first-order valence-corrected chi connectivity index (χ1v) is 11.7. The minimum atomic E-state index is -0.264. The van der Waals surface area contributed by atoms with Crippen LogP contribution in [0.25, 0.3) is 11.1 Å². The average Bonchev–Trinajstić information content (AvgIpc) is 3.78. The molecule has 1 aliphatic heterocycles. The van der Waals surface area contributed by atoms with E-state index in [0.29, 0.717) is 24.2 Å². The van der Waals surface area contributed by atoms with Crippen molar-refractivity contribution in [2.45, 2.75) is 63.1 Å². The highest BCUT2D eigenvalue weighted by atomic mass is 16.6. The van der Waals surface area contributed by atoms with Gasteiger partial charge in [-0.15, -0.1) is 0 Å². The van der Waals surface area contributed by atoms with Crippen molar-refractivity contribution in [2.24, 2.45) is 0 Å². The van der Waals surface area contributed by atoms with Gasteiger partial charge < -0.3 is 14.5 Å². The van der Waals surface area contributed by atoms with Gasteiger partial charge in [0.15, 0.2) is 0 Å². The predicted octanol–water partition coefficient (Wildman–Crippen LogP) is 4.38. The van der Waals surface area contributed by atoms with Gasteiger partial charge in [-0.3, -0.25) is 9.78 Å². The monoisotopic (exact) mass is 444 g/mol. The van der Waals surface area contributed by atoms with E-state index in [1.54, 1.807) is 17.3 Å². The minimum absolute atomic E-state index is 0.0470. The Balaban J connectivity index is 1.26. The molecule has 2 aromatic rings. The van der Waals surface area contributed by atoms with Crippen LogP contribution in [0.2, 0.25) is 0 Å². The maximum Gasteiger partial charge on any atom is 0.410 e. The number of amides is 2. The van der Waals surface area contributed by atoms with E-state index in [1.165, 1.54) is 0 Å². The summed E-state index contributed by atoms with van der Waals surface area (Å²) >= 11 is 0. The van der Waals surface area contributed by atoms with E-state index in [9.17, 15) is 14.9 Å². The standard InChI is InChI=1S/C26H28N4O3/c1-26(11-12-26)33-25(32)29-14-9-22(10-15-29)30(21-6-7-21)24(31)19-4-2-18(3-5-19)23-8-13-28-17-20(23)16-27/h2-5,8,13,17,21-22H,6-7,9-12,14-15H2,1H3. The number of ether oxygens (including phenoxy) is 1. The van der Waals surface area contributed by atoms with Crippen LogP contribution in [0.15, 0.2) is 42.7 Å². The van der Waals surface area contributed by atoms with Crippen LogP contribution in [0, 0.1) is 11.3 Å². The molecule has 0 spiro atoms. The van der Waals surface area contributed by atoms with Crippen molar-refractivity contribution < 1.29 is 14.3 Å². The number of pyridine rings is 1. The summed E-state index contributed by atoms with van der Waals surface area (Å²) in [6.07, 6.45) is 8.49. The van der Waals surface area contributed by atoms with Crippen LogP contribution in [-0.2, 0) is 4.74 Å². The second-order valence-corrected chi connectivity index (χ2v) is 9.59. The van der Waals surface area contributed by atoms with E-state index in [0.717, 1.165) is 49.7 Å². The summed E-state index contributed by atoms with van der Waals surface area (Å²) in [6.45, 7) is 3.22. The fraction of sp³-hybridized carbons (Fsp3) is 0.462. The second-order valence-electron chi connectivity index (χ2n) is 9.59. The third-order valence-corrected chi connectivity index (χ3v) is 6.96. The average molecular weight is 445 g/mol. The lowest BCUT2D eigenvalue weighted by Gasteiger charge is -2.38. The molecule has 7 heteroatoms. The first-order chi connectivity index (χ1) is 16.0. The first-order valence-electron chi connectivity index (χ1n) is 11.7. The molecule has 0 atom stereocenters. The lowest BCUT2D eigenvalue weighted by Crippen LogP contribution is -2.50. The first kappa shape index (κ1) is 21.4. The summed E-state index contributed by atoms with van der Waals surface area (Å²) < 4.78 is 5.61. The molecule has 1 saturated heterocycles. The van der Waals surface area contributed by atoms with E-state index in [1.807, 2.05) is 42.2 Å². The molecule has 5 rings (SSSR count). The Morgan fingerprint density at radius 3 is 2.36 bits per heavy atom. The molecule has 0 unspecified atom stereocenters. The van der Waals surface area contributed by atoms with Gasteiger partial charge in [0.05, 0.1) is 5.56 Å². The highest BCUT2D eigenvalue weighted by molar-refractivity contribution is 5.95. The number of rotatable bonds is 5. The summed E-state index contributed by atoms with van der Waals surface area (Å²) in [4.78, 5) is 33.7. The molecule has 1 aromatic heterocycles. The van der Waals surface area contributed by atoms with Crippen molar-refractivity contribution in [1.29, 1.82) is 5.26 Å². The van der Waals surface area contributed by atoms with Crippen LogP contribution in [-0.4, -0.2) is 57.6 Å². The summed E-state index contributed by atoms with van der Waals surface area (Å²) in [6, 6.07) is 11.9. The number of hydrogen-bond acceptors (Lipinski definition) is 5. The molecule has 2 amide bonds. The largest absolute Gasteiger partial charge is 0.443 e. The molecule has 33 heavy (non-hydrogen) atoms. The molecule has 0 bridgehead atoms. The van der Waals surface area contributed by atoms with Gasteiger partial charge in [0.1, 0.15) is 11.7 Å². The van der Waals surface area contributed by atoms with Gasteiger partial charge in [0.2, 0.25) is 0 Å². The Kier molecular flexibility index (Phi) is 5.53. The van der Waals surface area contributed by atoms with Crippen LogP contribution in [0.5, 0.6) is 0 Å². The molecule has 0 radical (unpaired) electrons. The number of carbonyl (C=O) groups is 2. The smallest absolute Gasteiger partial charge is 0.410 e. The SMILES string of the molecule is CC1(OC(=O)N2CCC(N(C(=O)c3ccc(-c4ccncc4C#N)cc3)C3CC3)CC2)CC1. The highest BCUT2D eigenvalue weighted by Gasteiger charge is 2.44. The molecule has 7 nitrogen and oxygen atoms in total. The maximum atomic E-state index is 13.5. The zero-order valence-electron chi connectivity index (χ0n) is 18.9. The third kappa shape index (κ3) is 4.56. The number of nitriles is 1. The van der Waals surface area contributed by atoms with Crippen LogP contribution in [0.3, 0.4) is 0 Å². The summed E-state index contributed by atoms with van der Waals surface area (Å²) in [7, 11) is 0. The van der Waals surface area contributed by atoms with Crippen molar-refractivity contribution in [1.82, 2.24) is 14.8 Å². The minimum Gasteiger partial charge on any atom is -0.443 e. The number of carbonyl (C=O) groups excluding carboxylic acids is 2. The van der Waals surface area contributed by atoms with Gasteiger partial charge in [-0.25, -0.2) is 4.79 Å². The predicted molar refractivity (Wildman–Crippen MR) is 122 cm³/mol. The van der Waals surface area contributed by atoms with Gasteiger partial charge in [0, 0.05) is 48.7 Å². The second kappa shape index (κ2) is 8.51. The lowest BCUT2D eigenvalue weighted by molar-refractivity contribution is 0.0372. The van der Waals surface area contributed by atoms with Crippen LogP contribution in [0.1, 0.15) is 61.4 Å². The number of hydrogen-bond donors (Lipinski definition) is 0. The summed E-state index contributed by atoms with van der Waals surface area (Å²) in [5.74, 6) is 0.0470. The maximum absolute atomic E-state index is 13.5. The van der Waals surface area contributed by atoms with Gasteiger partial charge in [-0.2, -0.15) is 5.26 Å². The molecule has 0 N–H and O–H groups in total. The van der Waals surface area contributed by atoms with Crippen molar-refractivity contribution in [3.05, 3.63) is 53.9 Å². The van der Waals surface area contributed by atoms with Gasteiger partial charge >= 0.3 is 6.09 Å². The van der Waals surface area contributed by atoms with Crippen LogP contribution >= 0.6 is 0 Å². The van der Waals surface area contributed by atoms with E-state index < -0.39 is 0 Å². The fourth-order valence-electron chi connectivity index (χ4n) is 4.54. The zero-order chi connectivity index (χ0) is 23.0. The molecular weight excluding hydrogens is 416 g/mol. The Hall–Kier alpha value is -3.40. The normalized spacial score (nSPS) is 19.5. The molecular formula is C26H28N4O3. The molecule has 170 valence electrons. The number of likely N-dealkylation sites (tertiary alicyclic amines) is 1. The number of benzene rings is 1. The van der Waals surface area contributed by atoms with Crippen molar-refractivity contribution in [3.8, 4) is 17.2 Å². The molecule has 2 heterocycles. The fourth-order valence-corrected chi connectivity index (χ4v) is 4.54. The lowest BCUT2D eigenvalue weighted by atomic mass is 9.99. The molecule has 3 fully saturated rings. The van der Waals surface area contributed by atoms with E-state index >= 15 is 0 Å². The van der Waals surface area contributed by atoms with Crippen LogP contribution in [0.4, 0.5) is 4.79 Å². The van der Waals surface area contributed by atoms with Gasteiger partial charge in [0.25, 0.3) is 5.91 Å². The summed E-state index contributed by atoms with van der Waals surface area (Å²) in [5.41, 5.74) is 2.60. The number of nitrogens with zero attached hydrogens (tertiary/aromatic N) is 4.